The van der Waals surface area contributed by atoms with Crippen molar-refractivity contribution in [2.24, 2.45) is 0 Å². The summed E-state index contributed by atoms with van der Waals surface area (Å²) < 4.78 is 44.2. The van der Waals surface area contributed by atoms with Crippen LogP contribution in [0.1, 0.15) is 67.2 Å². The molecule has 18 heteroatoms. The lowest BCUT2D eigenvalue weighted by molar-refractivity contribution is -0.139. The second kappa shape index (κ2) is 17.4. The number of phenolic OH excluding ortho intramolecular Hbond substituents is 1. The van der Waals surface area contributed by atoms with E-state index in [0.717, 1.165) is 11.6 Å². The van der Waals surface area contributed by atoms with Gasteiger partial charge in [-0.3, -0.25) is 4.79 Å². The Bertz CT molecular complexity index is 2860. The van der Waals surface area contributed by atoms with E-state index in [1.165, 1.54) is 21.0 Å². The Morgan fingerprint density at radius 1 is 0.841 bits per heavy atom. The fraction of sp³-hybridized carbons (Fsp3) is 0.200. The predicted molar refractivity (Wildman–Crippen MR) is 221 cm³/mol. The van der Waals surface area contributed by atoms with Crippen LogP contribution in [0.5, 0.6) is 51.7 Å². The van der Waals surface area contributed by atoms with E-state index in [2.05, 4.69) is 0 Å². The first kappa shape index (κ1) is 44.3. The monoisotopic (exact) mass is 866 g/mol. The molecule has 0 saturated carbocycles. The summed E-state index contributed by atoms with van der Waals surface area (Å²) in [5.74, 6) is -5.72. The van der Waals surface area contributed by atoms with Gasteiger partial charge in [0.25, 0.3) is 0 Å². The number of benzene rings is 4. The molecule has 326 valence electrons. The van der Waals surface area contributed by atoms with Crippen LogP contribution >= 0.6 is 0 Å². The largest absolute Gasteiger partial charge is 0.507 e. The van der Waals surface area contributed by atoms with Crippen molar-refractivity contribution in [2.75, 3.05) is 21.3 Å². The highest BCUT2D eigenvalue weighted by Gasteiger charge is 2.36. The van der Waals surface area contributed by atoms with Crippen LogP contribution in [0.2, 0.25) is 0 Å². The molecule has 0 bridgehead atoms. The van der Waals surface area contributed by atoms with Crippen LogP contribution in [0.4, 0.5) is 0 Å². The lowest BCUT2D eigenvalue weighted by Crippen LogP contribution is -2.27. The van der Waals surface area contributed by atoms with Gasteiger partial charge in [0, 0.05) is 23.8 Å². The SMILES string of the molecule is COc1ccc(-c2c(OC)c3c(OC)c4c(cc3oc2=O)OC(C)(C)C=C4)cc1.Cc1cc(O)c(C=O)c2c1C(=O)Oc1c(COC(=O)C=CC(=O)O)c(O)c(C(=O)O)c(C)c1O2. The number of methoxy groups -OCH3 is 3. The van der Waals surface area contributed by atoms with E-state index in [1.54, 1.807) is 44.6 Å². The summed E-state index contributed by atoms with van der Waals surface area (Å²) in [7, 11) is 4.68. The maximum Gasteiger partial charge on any atom is 0.347 e. The van der Waals surface area contributed by atoms with Crippen molar-refractivity contribution < 1.29 is 82.0 Å². The number of hydrogen-bond acceptors (Lipinski definition) is 16. The number of aryl methyl sites for hydroxylation is 1. The minimum absolute atomic E-state index is 0.169. The lowest BCUT2D eigenvalue weighted by atomic mass is 9.98. The molecule has 18 nitrogen and oxygen atoms in total. The number of phenols is 2. The van der Waals surface area contributed by atoms with Gasteiger partial charge in [0.05, 0.1) is 38.0 Å². The number of rotatable bonds is 10. The average molecular weight is 867 g/mol. The normalized spacial score (nSPS) is 13.1. The molecule has 0 radical (unpaired) electrons. The zero-order valence-electron chi connectivity index (χ0n) is 34.6. The molecule has 4 aromatic carbocycles. The molecule has 0 atom stereocenters. The summed E-state index contributed by atoms with van der Waals surface area (Å²) in [6.07, 6.45) is 5.22. The number of aliphatic carboxylic acids is 1. The molecule has 0 amide bonds. The topological polar surface area (TPSA) is 261 Å². The summed E-state index contributed by atoms with van der Waals surface area (Å²) in [6, 6.07) is 9.97. The van der Waals surface area contributed by atoms with Gasteiger partial charge >= 0.3 is 29.5 Å². The molecule has 1 aromatic heterocycles. The van der Waals surface area contributed by atoms with Crippen LogP contribution in [0.3, 0.4) is 0 Å². The molecule has 0 aliphatic carbocycles. The first-order valence-corrected chi connectivity index (χ1v) is 18.6. The van der Waals surface area contributed by atoms with Crippen molar-refractivity contribution in [3.05, 3.63) is 104 Å². The van der Waals surface area contributed by atoms with Crippen molar-refractivity contribution in [3.8, 4) is 62.9 Å². The van der Waals surface area contributed by atoms with Crippen LogP contribution in [-0.2, 0) is 20.9 Å². The molecule has 2 aliphatic rings. The number of aromatic carboxylic acids is 1. The first-order chi connectivity index (χ1) is 29.9. The van der Waals surface area contributed by atoms with Gasteiger partial charge in [0.1, 0.15) is 74.4 Å². The Morgan fingerprint density at radius 3 is 2.13 bits per heavy atom. The molecule has 2 aliphatic heterocycles. The van der Waals surface area contributed by atoms with Gasteiger partial charge in [-0.05, 0) is 69.2 Å². The molecule has 0 unspecified atom stereocenters. The molecule has 0 saturated heterocycles. The van der Waals surface area contributed by atoms with E-state index in [0.29, 0.717) is 57.2 Å². The van der Waals surface area contributed by atoms with Gasteiger partial charge in [-0.15, -0.1) is 0 Å². The van der Waals surface area contributed by atoms with E-state index in [4.69, 9.17) is 42.7 Å². The summed E-state index contributed by atoms with van der Waals surface area (Å²) in [5.41, 5.74) is -0.694. The minimum Gasteiger partial charge on any atom is -0.507 e. The molecular formula is C45H38O18. The Morgan fingerprint density at radius 2 is 1.52 bits per heavy atom. The third kappa shape index (κ3) is 8.41. The fourth-order valence-electron chi connectivity index (χ4n) is 6.88. The number of aromatic hydroxyl groups is 2. The molecule has 4 N–H and O–H groups in total. The summed E-state index contributed by atoms with van der Waals surface area (Å²) >= 11 is 0. The Balaban J connectivity index is 0.000000212. The smallest absolute Gasteiger partial charge is 0.347 e. The van der Waals surface area contributed by atoms with Gasteiger partial charge in [-0.25, -0.2) is 24.0 Å². The summed E-state index contributed by atoms with van der Waals surface area (Å²) in [5, 5.41) is 39.5. The molecule has 63 heavy (non-hydrogen) atoms. The van der Waals surface area contributed by atoms with Crippen LogP contribution in [0.25, 0.3) is 28.2 Å². The Hall–Kier alpha value is -8.28. The highest BCUT2D eigenvalue weighted by Crippen LogP contribution is 2.51. The van der Waals surface area contributed by atoms with Gasteiger partial charge in [0.15, 0.2) is 23.5 Å². The molecule has 0 fully saturated rings. The number of carboxylic acid groups (broad SMARTS) is 2. The molecule has 0 spiro atoms. The zero-order chi connectivity index (χ0) is 46.1. The second-order valence-electron chi connectivity index (χ2n) is 14.3. The summed E-state index contributed by atoms with van der Waals surface area (Å²) in [6.45, 7) is 5.73. The molecule has 3 heterocycles. The Labute approximate surface area is 356 Å². The van der Waals surface area contributed by atoms with Crippen molar-refractivity contribution in [2.45, 2.75) is 39.9 Å². The minimum atomic E-state index is -1.60. The number of carbonyl (C=O) groups excluding carboxylic acids is 3. The van der Waals surface area contributed by atoms with Crippen LogP contribution < -0.4 is 34.0 Å². The second-order valence-corrected chi connectivity index (χ2v) is 14.3. The summed E-state index contributed by atoms with van der Waals surface area (Å²) in [4.78, 5) is 71.5. The highest BCUT2D eigenvalue weighted by atomic mass is 16.6. The van der Waals surface area contributed by atoms with Crippen molar-refractivity contribution in [1.82, 2.24) is 0 Å². The maximum atomic E-state index is 12.9. The lowest BCUT2D eigenvalue weighted by Gasteiger charge is -2.29. The van der Waals surface area contributed by atoms with E-state index in [-0.39, 0.29) is 28.7 Å². The average Bonchev–Trinajstić information content (AvgIpc) is 3.38. The standard InChI is InChI=1S/C23H22O6.C22H16O12/c1-23(2)11-10-15-16(29-23)12-17-19(20(15)26-4)21(27-5)18(22(24)28-17)13-6-8-14(25-3)9-7-13;1-8-5-12(24)10(6-23)19-15(8)22(31)34-20-11(7-32-14(27)4-3-13(25)26)17(28)16(21(29)30)9(2)18(20)33-19/h6-12H,1-5H3;3-6,24,28H,7H2,1-2H3,(H,25,26)(H,29,30). The molecule has 5 aromatic rings. The predicted octanol–water partition coefficient (Wildman–Crippen LogP) is 6.90. The number of fused-ring (bicyclic) bond motifs is 4. The third-order valence-corrected chi connectivity index (χ3v) is 9.79. The van der Waals surface area contributed by atoms with Gasteiger partial charge in [-0.2, -0.15) is 0 Å². The maximum absolute atomic E-state index is 12.9. The number of hydrogen-bond donors (Lipinski definition) is 4. The van der Waals surface area contributed by atoms with Crippen molar-refractivity contribution >= 4 is 47.2 Å². The van der Waals surface area contributed by atoms with Gasteiger partial charge in [0.2, 0.25) is 0 Å². The molecular weight excluding hydrogens is 828 g/mol. The number of ether oxygens (including phenoxy) is 7. The quantitative estimate of drug-likeness (QED) is 0.0365. The van der Waals surface area contributed by atoms with E-state index in [9.17, 15) is 44.1 Å². The first-order valence-electron chi connectivity index (χ1n) is 18.6. The third-order valence-electron chi connectivity index (χ3n) is 9.79. The number of esters is 2. The van der Waals surface area contributed by atoms with Crippen molar-refractivity contribution in [3.63, 3.8) is 0 Å². The van der Waals surface area contributed by atoms with Crippen LogP contribution in [0, 0.1) is 13.8 Å². The van der Waals surface area contributed by atoms with Crippen LogP contribution in [0.15, 0.2) is 63.8 Å². The number of carbonyl (C=O) groups is 5. The van der Waals surface area contributed by atoms with Gasteiger partial charge in [-0.1, -0.05) is 12.1 Å². The van der Waals surface area contributed by atoms with E-state index >= 15 is 0 Å². The van der Waals surface area contributed by atoms with E-state index < -0.39 is 81.4 Å². The fourth-order valence-corrected chi connectivity index (χ4v) is 6.88. The number of carboxylic acids is 2. The van der Waals surface area contributed by atoms with E-state index in [1.807, 2.05) is 26.0 Å². The van der Waals surface area contributed by atoms with Crippen molar-refractivity contribution in [1.29, 1.82) is 0 Å². The number of aldehydes is 1. The Kier molecular flexibility index (Phi) is 12.2. The highest BCUT2D eigenvalue weighted by molar-refractivity contribution is 6.03. The van der Waals surface area contributed by atoms with Gasteiger partial charge < -0.3 is 58.0 Å². The zero-order valence-corrected chi connectivity index (χ0v) is 34.6. The van der Waals surface area contributed by atoms with Crippen LogP contribution in [-0.4, -0.2) is 77.5 Å². The molecule has 7 rings (SSSR count).